The summed E-state index contributed by atoms with van der Waals surface area (Å²) in [5.41, 5.74) is 6.38. The van der Waals surface area contributed by atoms with E-state index < -0.39 is 0 Å². The van der Waals surface area contributed by atoms with Crippen molar-refractivity contribution in [2.45, 2.75) is 44.2 Å². The molecular formula is C15H19Cl2V. The zero-order valence-corrected chi connectivity index (χ0v) is 13.8. The van der Waals surface area contributed by atoms with E-state index >= 15 is 0 Å². The molecule has 0 unspecified atom stereocenters. The Morgan fingerprint density at radius 2 is 1.33 bits per heavy atom. The summed E-state index contributed by atoms with van der Waals surface area (Å²) >= 11 is 2.89. The molecule has 0 aromatic carbocycles. The van der Waals surface area contributed by atoms with Gasteiger partial charge in [0.1, 0.15) is 0 Å². The van der Waals surface area contributed by atoms with E-state index in [2.05, 4.69) is 55.6 Å². The minimum absolute atomic E-state index is 0. The van der Waals surface area contributed by atoms with Gasteiger partial charge in [-0.25, -0.2) is 0 Å². The first-order chi connectivity index (χ1) is 7.77. The molecule has 0 spiro atoms. The first kappa shape index (κ1) is 18.1. The van der Waals surface area contributed by atoms with Crippen molar-refractivity contribution in [3.05, 3.63) is 46.6 Å². The number of hydrogen-bond donors (Lipinski definition) is 0. The van der Waals surface area contributed by atoms with E-state index in [9.17, 15) is 0 Å². The molecule has 2 rings (SSSR count). The van der Waals surface area contributed by atoms with Crippen molar-refractivity contribution in [1.82, 2.24) is 0 Å². The van der Waals surface area contributed by atoms with Crippen molar-refractivity contribution in [3.8, 4) is 0 Å². The number of halogens is 2. The normalized spacial score (nSPS) is 17.4. The Labute approximate surface area is 132 Å². The minimum Gasteiger partial charge on any atom is -1.00 e. The summed E-state index contributed by atoms with van der Waals surface area (Å²) in [6.45, 7) is 4.51. The zero-order valence-electron chi connectivity index (χ0n) is 10.9. The van der Waals surface area contributed by atoms with Gasteiger partial charge >= 0.3 is 108 Å². The molecule has 98 valence electrons. The third kappa shape index (κ3) is 3.57. The van der Waals surface area contributed by atoms with Crippen LogP contribution in [0.1, 0.15) is 39.5 Å². The Hall–Kier alpha value is 0.124. The van der Waals surface area contributed by atoms with Gasteiger partial charge in [0, 0.05) is 0 Å². The standard InChI is InChI=1S/C15H19.2ClH.V/c1-3-12-7-5-9-14(12)11-15-10-6-8-13(15)4-2;;;/h5-8,11H,3-4,9-10H2,1-2H3;2*1H;/q;;;+2/p-2. The molecular weight excluding hydrogens is 302 g/mol. The molecule has 2 aliphatic rings. The summed E-state index contributed by atoms with van der Waals surface area (Å²) in [6, 6.07) is 0. The fourth-order valence-corrected chi connectivity index (χ4v) is 3.45. The van der Waals surface area contributed by atoms with Crippen LogP contribution >= 0.6 is 0 Å². The van der Waals surface area contributed by atoms with Gasteiger partial charge in [0.05, 0.1) is 0 Å². The second-order valence-electron chi connectivity index (χ2n) is 4.42. The van der Waals surface area contributed by atoms with Gasteiger partial charge in [0.2, 0.25) is 0 Å². The summed E-state index contributed by atoms with van der Waals surface area (Å²) in [4.78, 5) is 0. The van der Waals surface area contributed by atoms with Crippen molar-refractivity contribution in [1.29, 1.82) is 0 Å². The van der Waals surface area contributed by atoms with Gasteiger partial charge in [-0.1, -0.05) is 0 Å². The molecule has 0 N–H and O–H groups in total. The first-order valence-electron chi connectivity index (χ1n) is 6.22. The van der Waals surface area contributed by atoms with Gasteiger partial charge in [-0.2, -0.15) is 0 Å². The van der Waals surface area contributed by atoms with Gasteiger partial charge in [0.25, 0.3) is 0 Å². The molecule has 0 radical (unpaired) electrons. The molecule has 0 nitrogen and oxygen atoms in total. The van der Waals surface area contributed by atoms with E-state index in [0.717, 1.165) is 12.8 Å². The van der Waals surface area contributed by atoms with Crippen LogP contribution in [0.4, 0.5) is 0 Å². The fourth-order valence-electron chi connectivity index (χ4n) is 2.61. The molecule has 0 fully saturated rings. The van der Waals surface area contributed by atoms with Gasteiger partial charge in [-0.3, -0.25) is 0 Å². The average molecular weight is 321 g/mol. The van der Waals surface area contributed by atoms with Crippen molar-refractivity contribution in [3.63, 3.8) is 0 Å². The molecule has 0 aliphatic heterocycles. The molecule has 0 aromatic rings. The molecule has 2 aliphatic carbocycles. The van der Waals surface area contributed by atoms with Crippen molar-refractivity contribution in [2.75, 3.05) is 0 Å². The zero-order chi connectivity index (χ0) is 11.5. The van der Waals surface area contributed by atoms with Gasteiger partial charge < -0.3 is 24.8 Å². The topological polar surface area (TPSA) is 0 Å². The predicted octanol–water partition coefficient (Wildman–Crippen LogP) is -1.34. The third-order valence-corrected chi connectivity index (χ3v) is 4.53. The molecule has 0 amide bonds. The number of rotatable bonds is 4. The number of hydrogen-bond acceptors (Lipinski definition) is 0. The second kappa shape index (κ2) is 8.33. The van der Waals surface area contributed by atoms with E-state index in [0.29, 0.717) is 4.63 Å². The molecule has 0 bridgehead atoms. The Bertz CT molecular complexity index is 365. The molecule has 3 heteroatoms. The van der Waals surface area contributed by atoms with Crippen LogP contribution in [0.25, 0.3) is 0 Å². The Kier molecular flexibility index (Phi) is 8.38. The smallest absolute Gasteiger partial charge is 1.00 e. The maximum absolute atomic E-state index is 2.89. The van der Waals surface area contributed by atoms with Gasteiger partial charge in [0.15, 0.2) is 0 Å². The first-order valence-corrected chi connectivity index (χ1v) is 7.03. The second-order valence-corrected chi connectivity index (χ2v) is 5.23. The summed E-state index contributed by atoms with van der Waals surface area (Å²) in [6.07, 6.45) is 13.9. The van der Waals surface area contributed by atoms with Crippen LogP contribution in [0, 0.1) is 0 Å². The summed E-state index contributed by atoms with van der Waals surface area (Å²) in [5, 5.41) is 0. The summed E-state index contributed by atoms with van der Waals surface area (Å²) in [7, 11) is 0. The van der Waals surface area contributed by atoms with E-state index in [4.69, 9.17) is 0 Å². The fraction of sp³-hybridized carbons (Fsp3) is 0.467. The SMILES string of the molecule is CCC1=C([CH]([V+2])C2=C(CC)C=CC2)CC=C1.[Cl-].[Cl-]. The van der Waals surface area contributed by atoms with Crippen molar-refractivity contribution in [2.24, 2.45) is 0 Å². The maximum atomic E-state index is 2.89. The predicted molar refractivity (Wildman–Crippen MR) is 65.9 cm³/mol. The van der Waals surface area contributed by atoms with Crippen LogP contribution in [-0.4, -0.2) is 0 Å². The van der Waals surface area contributed by atoms with Crippen LogP contribution in [0.5, 0.6) is 0 Å². The Morgan fingerprint density at radius 3 is 1.67 bits per heavy atom. The van der Waals surface area contributed by atoms with Crippen molar-refractivity contribution < 1.29 is 42.2 Å². The molecule has 0 heterocycles. The van der Waals surface area contributed by atoms with Crippen molar-refractivity contribution >= 4 is 0 Å². The van der Waals surface area contributed by atoms with Gasteiger partial charge in [-0.05, 0) is 0 Å². The molecule has 18 heavy (non-hydrogen) atoms. The molecule has 0 aromatic heterocycles. The van der Waals surface area contributed by atoms with Crippen LogP contribution in [0.15, 0.2) is 46.6 Å². The molecule has 0 saturated carbocycles. The van der Waals surface area contributed by atoms with E-state index in [-0.39, 0.29) is 24.8 Å². The quantitative estimate of drug-likeness (QED) is 0.602. The monoisotopic (exact) mass is 320 g/mol. The summed E-state index contributed by atoms with van der Waals surface area (Å²) in [5.74, 6) is 0. The molecule has 0 saturated heterocycles. The number of allylic oxidation sites excluding steroid dienone is 8. The van der Waals surface area contributed by atoms with Crippen LogP contribution < -0.4 is 24.8 Å². The average Bonchev–Trinajstić information content (AvgIpc) is 2.96. The van der Waals surface area contributed by atoms with Crippen LogP contribution in [0.2, 0.25) is 4.63 Å². The van der Waals surface area contributed by atoms with E-state index in [1.165, 1.54) is 12.8 Å². The maximum Gasteiger partial charge on any atom is -1.00 e. The van der Waals surface area contributed by atoms with Crippen LogP contribution in [-0.2, 0) is 17.4 Å². The largest absolute Gasteiger partial charge is 1.00 e. The van der Waals surface area contributed by atoms with Gasteiger partial charge in [-0.15, -0.1) is 0 Å². The Balaban J connectivity index is 0.00000144. The minimum atomic E-state index is 0. The van der Waals surface area contributed by atoms with E-state index in [1.54, 1.807) is 22.3 Å². The van der Waals surface area contributed by atoms with E-state index in [1.807, 2.05) is 0 Å². The third-order valence-electron chi connectivity index (χ3n) is 3.56. The Morgan fingerprint density at radius 1 is 0.944 bits per heavy atom. The summed E-state index contributed by atoms with van der Waals surface area (Å²) < 4.78 is 0.586. The van der Waals surface area contributed by atoms with Crippen LogP contribution in [0.3, 0.4) is 0 Å². The molecule has 0 atom stereocenters.